The van der Waals surface area contributed by atoms with Crippen molar-refractivity contribution in [1.82, 2.24) is 0 Å². The van der Waals surface area contributed by atoms with Gasteiger partial charge in [0.05, 0.1) is 33.0 Å². The number of hydrogen-bond donors (Lipinski definition) is 10. The summed E-state index contributed by atoms with van der Waals surface area (Å²) in [4.78, 5) is 0. The Morgan fingerprint density at radius 2 is 1.32 bits per heavy atom. The van der Waals surface area contributed by atoms with Crippen LogP contribution in [0, 0.1) is 0 Å². The third kappa shape index (κ3) is 7.43. The van der Waals surface area contributed by atoms with Crippen molar-refractivity contribution in [1.29, 1.82) is 0 Å². The number of ether oxygens (including phenoxy) is 7. The molecule has 17 nitrogen and oxygen atoms in total. The first-order valence-electron chi connectivity index (χ1n) is 14.1. The van der Waals surface area contributed by atoms with Gasteiger partial charge in [-0.15, -0.1) is 0 Å². The van der Waals surface area contributed by atoms with Crippen LogP contribution in [0.5, 0.6) is 11.5 Å². The lowest BCUT2D eigenvalue weighted by Gasteiger charge is -2.48. The molecule has 4 rings (SSSR count). The summed E-state index contributed by atoms with van der Waals surface area (Å²) in [6.45, 7) is -0.0735. The molecule has 3 fully saturated rings. The van der Waals surface area contributed by atoms with Crippen LogP contribution in [0.15, 0.2) is 18.2 Å². The molecule has 1 aromatic carbocycles. The topological polar surface area (TPSA) is 267 Å². The average molecular weight is 639 g/mol. The molecule has 0 unspecified atom stereocenters. The summed E-state index contributed by atoms with van der Waals surface area (Å²) in [5, 5.41) is 103. The molecular weight excluding hydrogens is 596 g/mol. The highest BCUT2D eigenvalue weighted by atomic mass is 16.8. The summed E-state index contributed by atoms with van der Waals surface area (Å²) >= 11 is 0. The van der Waals surface area contributed by atoms with Crippen LogP contribution in [0.1, 0.15) is 12.5 Å². The van der Waals surface area contributed by atoms with Gasteiger partial charge >= 0.3 is 0 Å². The SMILES string of the molecule is COc1ccc(CCO[C@@H]2O[C@H](CO)[C@@H](O)[C@H](O[C@@H]3O[C@@H](C)[C@H](O)[C@@H](O)[C@H]3O[C@@H]3O[C@H](CO)[C@@H](O)[C@H](O)[C@H]3O)[C@H]2O)cc1O. The van der Waals surface area contributed by atoms with Gasteiger partial charge in [-0.2, -0.15) is 0 Å². The average Bonchev–Trinajstić information content (AvgIpc) is 3.01. The molecule has 3 saturated heterocycles. The molecule has 0 amide bonds. The largest absolute Gasteiger partial charge is 0.504 e. The molecule has 44 heavy (non-hydrogen) atoms. The van der Waals surface area contributed by atoms with Crippen molar-refractivity contribution in [2.75, 3.05) is 26.9 Å². The van der Waals surface area contributed by atoms with Gasteiger partial charge in [0.15, 0.2) is 30.4 Å². The summed E-state index contributed by atoms with van der Waals surface area (Å²) in [7, 11) is 1.41. The van der Waals surface area contributed by atoms with E-state index in [0.717, 1.165) is 0 Å². The number of aromatic hydroxyl groups is 1. The maximum atomic E-state index is 11.1. The van der Waals surface area contributed by atoms with Crippen molar-refractivity contribution in [3.05, 3.63) is 23.8 Å². The van der Waals surface area contributed by atoms with Crippen LogP contribution in [0.4, 0.5) is 0 Å². The van der Waals surface area contributed by atoms with E-state index in [1.54, 1.807) is 12.1 Å². The Morgan fingerprint density at radius 3 is 1.95 bits per heavy atom. The predicted molar refractivity (Wildman–Crippen MR) is 142 cm³/mol. The molecule has 0 aliphatic carbocycles. The van der Waals surface area contributed by atoms with Crippen molar-refractivity contribution in [2.24, 2.45) is 0 Å². The van der Waals surface area contributed by atoms with Crippen LogP contribution in [-0.4, -0.2) is 170 Å². The summed E-state index contributed by atoms with van der Waals surface area (Å²) in [6.07, 6.45) is -23.4. The van der Waals surface area contributed by atoms with Crippen molar-refractivity contribution in [2.45, 2.75) is 105 Å². The molecule has 1 aromatic rings. The second-order valence-electron chi connectivity index (χ2n) is 10.9. The number of phenolic OH excluding ortho intramolecular Hbond substituents is 1. The molecule has 252 valence electrons. The highest BCUT2D eigenvalue weighted by Crippen LogP contribution is 2.33. The number of aliphatic hydroxyl groups is 9. The van der Waals surface area contributed by atoms with Gasteiger partial charge in [-0.05, 0) is 31.0 Å². The zero-order valence-corrected chi connectivity index (χ0v) is 24.1. The van der Waals surface area contributed by atoms with Gasteiger partial charge in [-0.25, -0.2) is 0 Å². The molecule has 0 radical (unpaired) electrons. The first-order chi connectivity index (χ1) is 20.9. The first-order valence-corrected chi connectivity index (χ1v) is 14.1. The van der Waals surface area contributed by atoms with Gasteiger partial charge in [0, 0.05) is 0 Å². The summed E-state index contributed by atoms with van der Waals surface area (Å²) in [6, 6.07) is 4.74. The van der Waals surface area contributed by atoms with Gasteiger partial charge in [0.1, 0.15) is 67.1 Å². The number of benzene rings is 1. The smallest absolute Gasteiger partial charge is 0.187 e. The van der Waals surface area contributed by atoms with Crippen LogP contribution in [0.25, 0.3) is 0 Å². The minimum Gasteiger partial charge on any atom is -0.504 e. The molecule has 0 bridgehead atoms. The van der Waals surface area contributed by atoms with Crippen LogP contribution in [0.2, 0.25) is 0 Å². The molecule has 3 aliphatic rings. The Labute approximate surface area is 252 Å². The third-order valence-electron chi connectivity index (χ3n) is 7.95. The zero-order valence-electron chi connectivity index (χ0n) is 24.1. The van der Waals surface area contributed by atoms with E-state index in [4.69, 9.17) is 33.2 Å². The fourth-order valence-electron chi connectivity index (χ4n) is 5.28. The lowest BCUT2D eigenvalue weighted by molar-refractivity contribution is -0.386. The fraction of sp³-hybridized carbons (Fsp3) is 0.778. The monoisotopic (exact) mass is 638 g/mol. The number of aliphatic hydroxyl groups excluding tert-OH is 9. The number of methoxy groups -OCH3 is 1. The molecule has 0 aromatic heterocycles. The molecule has 0 spiro atoms. The van der Waals surface area contributed by atoms with Crippen molar-refractivity contribution < 1.29 is 84.2 Å². The Hall–Kier alpha value is -1.78. The molecule has 3 heterocycles. The van der Waals surface area contributed by atoms with Crippen molar-refractivity contribution in [3.63, 3.8) is 0 Å². The number of phenols is 1. The summed E-state index contributed by atoms with van der Waals surface area (Å²) < 4.78 is 38.8. The molecule has 15 atom stereocenters. The second-order valence-corrected chi connectivity index (χ2v) is 10.9. The van der Waals surface area contributed by atoms with E-state index < -0.39 is 105 Å². The second kappa shape index (κ2) is 15.2. The van der Waals surface area contributed by atoms with Gasteiger partial charge in [-0.3, -0.25) is 0 Å². The standard InChI is InChI=1S/C27H42O17/c1-10-16(31)20(35)24(44-26-21(36)19(34)17(32)14(8-28)42-26)27(40-10)43-23-18(33)15(9-29)41-25(22(23)37)39-6-5-11-3-4-13(38-2)12(30)7-11/h3-4,7,10,14-37H,5-6,8-9H2,1-2H3/t10-,14+,15+,16-,17+,18+,19-,20+,21+,22+,23-,24+,25+,26-,27-/m0/s1. The van der Waals surface area contributed by atoms with E-state index in [2.05, 4.69) is 0 Å². The maximum absolute atomic E-state index is 11.1. The highest BCUT2D eigenvalue weighted by molar-refractivity contribution is 5.41. The lowest BCUT2D eigenvalue weighted by atomic mass is 9.96. The van der Waals surface area contributed by atoms with Gasteiger partial charge in [-0.1, -0.05) is 6.07 Å². The summed E-state index contributed by atoms with van der Waals surface area (Å²) in [5.74, 6) is 0.205. The summed E-state index contributed by atoms with van der Waals surface area (Å²) in [5.41, 5.74) is 0.672. The lowest BCUT2D eigenvalue weighted by Crippen LogP contribution is -2.66. The quantitative estimate of drug-likeness (QED) is 0.109. The maximum Gasteiger partial charge on any atom is 0.187 e. The van der Waals surface area contributed by atoms with Gasteiger partial charge < -0.3 is 84.2 Å². The van der Waals surface area contributed by atoms with E-state index in [0.29, 0.717) is 5.56 Å². The Bertz CT molecular complexity index is 1050. The zero-order chi connectivity index (χ0) is 32.3. The Balaban J connectivity index is 1.48. The third-order valence-corrected chi connectivity index (χ3v) is 7.95. The normalized spacial score (nSPS) is 43.1. The molecular formula is C27H42O17. The van der Waals surface area contributed by atoms with E-state index in [-0.39, 0.29) is 24.5 Å². The van der Waals surface area contributed by atoms with Crippen LogP contribution in [0.3, 0.4) is 0 Å². The van der Waals surface area contributed by atoms with Crippen molar-refractivity contribution in [3.8, 4) is 11.5 Å². The number of rotatable bonds is 11. The molecule has 10 N–H and O–H groups in total. The van der Waals surface area contributed by atoms with E-state index in [1.807, 2.05) is 0 Å². The van der Waals surface area contributed by atoms with Gasteiger partial charge in [0.25, 0.3) is 0 Å². The molecule has 17 heteroatoms. The predicted octanol–water partition coefficient (Wildman–Crippen LogP) is -4.56. The minimum absolute atomic E-state index is 0.0286. The van der Waals surface area contributed by atoms with Crippen LogP contribution < -0.4 is 4.74 Å². The minimum atomic E-state index is -1.86. The number of hydrogen-bond acceptors (Lipinski definition) is 17. The van der Waals surface area contributed by atoms with Crippen molar-refractivity contribution >= 4 is 0 Å². The molecule has 0 saturated carbocycles. The van der Waals surface area contributed by atoms with E-state index in [9.17, 15) is 51.1 Å². The fourth-order valence-corrected chi connectivity index (χ4v) is 5.28. The van der Waals surface area contributed by atoms with Crippen LogP contribution >= 0.6 is 0 Å². The highest BCUT2D eigenvalue weighted by Gasteiger charge is 2.53. The van der Waals surface area contributed by atoms with E-state index in [1.165, 1.54) is 20.1 Å². The Kier molecular flexibility index (Phi) is 12.1. The van der Waals surface area contributed by atoms with E-state index >= 15 is 0 Å². The van der Waals surface area contributed by atoms with Gasteiger partial charge in [0.2, 0.25) is 0 Å². The van der Waals surface area contributed by atoms with Crippen LogP contribution in [-0.2, 0) is 34.8 Å². The molecule has 3 aliphatic heterocycles. The first kappa shape index (κ1) is 35.1. The Morgan fingerprint density at radius 1 is 0.682 bits per heavy atom.